The highest BCUT2D eigenvalue weighted by molar-refractivity contribution is 6.59. The summed E-state index contributed by atoms with van der Waals surface area (Å²) in [7, 11) is -3.17. The molecule has 0 radical (unpaired) electrons. The lowest BCUT2D eigenvalue weighted by Crippen LogP contribution is -2.33. The van der Waals surface area contributed by atoms with Crippen LogP contribution in [0.1, 0.15) is 21.5 Å². The van der Waals surface area contributed by atoms with Crippen molar-refractivity contribution in [2.75, 3.05) is 5.32 Å². The van der Waals surface area contributed by atoms with Crippen LogP contribution in [-0.4, -0.2) is 45.4 Å². The fourth-order valence-electron chi connectivity index (χ4n) is 7.09. The first kappa shape index (κ1) is 33.9. The Kier molecular flexibility index (Phi) is 8.99. The number of carboxylic acids is 1. The highest BCUT2D eigenvalue weighted by Gasteiger charge is 2.21. The highest BCUT2D eigenvalue weighted by Crippen LogP contribution is 2.42. The molecule has 6 N–H and O–H groups in total. The summed E-state index contributed by atoms with van der Waals surface area (Å²) in [6.45, 7) is 0.644. The number of fused-ring (bicyclic) bond motifs is 6. The molecule has 0 spiro atoms. The number of benzene rings is 7. The molecule has 0 saturated carbocycles. The maximum absolute atomic E-state index is 12.5. The van der Waals surface area contributed by atoms with Crippen molar-refractivity contribution >= 4 is 80.3 Å². The number of anilines is 1. The maximum atomic E-state index is 12.5. The summed E-state index contributed by atoms with van der Waals surface area (Å²) in [5.74, 6) is -1.03. The molecule has 0 saturated heterocycles. The molecule has 8 rings (SSSR count). The maximum Gasteiger partial charge on any atom is 0.488 e. The number of carboxylic acid groups (broad SMARTS) is 1. The molecule has 0 unspecified atom stereocenters. The second-order valence-electron chi connectivity index (χ2n) is 12.9. The lowest BCUT2D eigenvalue weighted by Gasteiger charge is -2.16. The highest BCUT2D eigenvalue weighted by atomic mass is 16.4. The van der Waals surface area contributed by atoms with Crippen molar-refractivity contribution in [3.63, 3.8) is 0 Å². The van der Waals surface area contributed by atoms with Crippen LogP contribution in [0, 0.1) is 0 Å². The Morgan fingerprint density at radius 3 is 1.87 bits per heavy atom. The van der Waals surface area contributed by atoms with Crippen LogP contribution in [0.3, 0.4) is 0 Å². The summed E-state index contributed by atoms with van der Waals surface area (Å²) in [5, 5.41) is 58.5. The molecule has 0 aliphatic carbocycles. The van der Waals surface area contributed by atoms with Crippen LogP contribution >= 0.6 is 0 Å². The number of carbonyl (C=O) groups is 1. The second kappa shape index (κ2) is 14.1. The van der Waals surface area contributed by atoms with Gasteiger partial charge < -0.3 is 34.9 Å². The summed E-state index contributed by atoms with van der Waals surface area (Å²) >= 11 is 0. The third kappa shape index (κ3) is 6.43. The minimum absolute atomic E-state index is 0.178. The molecule has 0 aliphatic rings. The fraction of sp³-hybridized carbons (Fsp3) is 0.0476. The molecule has 0 aliphatic heterocycles. The van der Waals surface area contributed by atoms with Crippen molar-refractivity contribution in [2.24, 2.45) is 4.99 Å². The van der Waals surface area contributed by atoms with Gasteiger partial charge in [-0.05, 0) is 93.0 Å². The van der Waals surface area contributed by atoms with Gasteiger partial charge in [0, 0.05) is 39.3 Å². The van der Waals surface area contributed by atoms with Crippen LogP contribution in [0.25, 0.3) is 54.6 Å². The van der Waals surface area contributed by atoms with E-state index in [1.807, 2.05) is 97.1 Å². The minimum Gasteiger partial charge on any atom is -0.478 e. The van der Waals surface area contributed by atoms with E-state index >= 15 is 0 Å². The predicted octanol–water partition coefficient (Wildman–Crippen LogP) is 5.33. The summed E-state index contributed by atoms with van der Waals surface area (Å²) in [6.07, 6.45) is 0. The SMILES string of the molecule is O=C(O)c1ccccc1-c1c2ccc3cc(NCc4ccccc4B(O)O)ccc3c2oc2c1ccc1c/c(=N\Cc3ccccc3B(O)O)ccc12. The van der Waals surface area contributed by atoms with Crippen LogP contribution in [0.15, 0.2) is 143 Å². The molecular formula is C42H32B2N2O7. The number of hydrogen-bond donors (Lipinski definition) is 6. The monoisotopic (exact) mass is 698 g/mol. The van der Waals surface area contributed by atoms with E-state index < -0.39 is 20.2 Å². The van der Waals surface area contributed by atoms with Crippen molar-refractivity contribution in [3.05, 3.63) is 156 Å². The molecule has 8 aromatic rings. The van der Waals surface area contributed by atoms with Crippen molar-refractivity contribution < 1.29 is 34.4 Å². The van der Waals surface area contributed by atoms with Crippen molar-refractivity contribution in [1.82, 2.24) is 0 Å². The van der Waals surface area contributed by atoms with Gasteiger partial charge in [-0.15, -0.1) is 0 Å². The predicted molar refractivity (Wildman–Crippen MR) is 210 cm³/mol. The number of nitrogens with zero attached hydrogens (tertiary/aromatic N) is 1. The van der Waals surface area contributed by atoms with E-state index in [1.54, 1.807) is 36.4 Å². The molecule has 11 heteroatoms. The normalized spacial score (nSPS) is 11.8. The Morgan fingerprint density at radius 1 is 0.623 bits per heavy atom. The van der Waals surface area contributed by atoms with E-state index in [0.717, 1.165) is 49.1 Å². The first-order valence-electron chi connectivity index (χ1n) is 17.1. The van der Waals surface area contributed by atoms with E-state index in [-0.39, 0.29) is 12.1 Å². The third-order valence-electron chi connectivity index (χ3n) is 9.68. The number of rotatable bonds is 9. The van der Waals surface area contributed by atoms with E-state index in [0.29, 0.717) is 45.1 Å². The summed E-state index contributed by atoms with van der Waals surface area (Å²) in [6, 6.07) is 40.8. The van der Waals surface area contributed by atoms with Gasteiger partial charge in [-0.25, -0.2) is 4.79 Å². The average molecular weight is 698 g/mol. The molecule has 9 nitrogen and oxygen atoms in total. The zero-order valence-corrected chi connectivity index (χ0v) is 28.3. The molecule has 0 atom stereocenters. The van der Waals surface area contributed by atoms with Gasteiger partial charge in [-0.2, -0.15) is 0 Å². The molecule has 7 aromatic carbocycles. The minimum atomic E-state index is -1.59. The van der Waals surface area contributed by atoms with Gasteiger partial charge in [0.2, 0.25) is 0 Å². The van der Waals surface area contributed by atoms with Crippen molar-refractivity contribution in [1.29, 1.82) is 0 Å². The molecular weight excluding hydrogens is 666 g/mol. The smallest absolute Gasteiger partial charge is 0.478 e. The van der Waals surface area contributed by atoms with Gasteiger partial charge in [0.25, 0.3) is 0 Å². The Hall–Kier alpha value is -6.23. The average Bonchev–Trinajstić information content (AvgIpc) is 3.18. The Balaban J connectivity index is 1.29. The molecule has 53 heavy (non-hydrogen) atoms. The van der Waals surface area contributed by atoms with Gasteiger partial charge in [-0.3, -0.25) is 4.99 Å². The Labute approximate surface area is 304 Å². The van der Waals surface area contributed by atoms with Crippen LogP contribution in [0.4, 0.5) is 5.69 Å². The van der Waals surface area contributed by atoms with Crippen LogP contribution < -0.4 is 21.6 Å². The van der Waals surface area contributed by atoms with Gasteiger partial charge in [0.15, 0.2) is 0 Å². The lowest BCUT2D eigenvalue weighted by molar-refractivity contribution is 0.0697. The summed E-state index contributed by atoms with van der Waals surface area (Å²) < 4.78 is 6.85. The summed E-state index contributed by atoms with van der Waals surface area (Å²) in [5.41, 5.74) is 5.85. The molecule has 258 valence electrons. The van der Waals surface area contributed by atoms with Crippen molar-refractivity contribution in [3.8, 4) is 11.1 Å². The van der Waals surface area contributed by atoms with Crippen LogP contribution in [0.2, 0.25) is 0 Å². The molecule has 0 amide bonds. The van der Waals surface area contributed by atoms with Crippen molar-refractivity contribution in [2.45, 2.75) is 13.1 Å². The zero-order chi connectivity index (χ0) is 36.6. The number of hydrogen-bond acceptors (Lipinski definition) is 8. The standard InChI is InChI=1S/C42H32B2N2O7/c47-42(48)34-10-4-3-9-33(34)39-35-17-13-25-21-29(45-23-27-7-1-5-11-37(27)43(49)50)15-19-31(25)40(35)53-41-32-20-16-30(22-26(32)14-18-36(39)41)46-24-28-8-2-6-12-38(28)44(51)52/h1-22,45,49-52H,23-24H2,(H,47,48)/b46-30-. The summed E-state index contributed by atoms with van der Waals surface area (Å²) in [4.78, 5) is 17.3. The van der Waals surface area contributed by atoms with Gasteiger partial charge in [-0.1, -0.05) is 78.9 Å². The van der Waals surface area contributed by atoms with Gasteiger partial charge in [0.1, 0.15) is 11.2 Å². The molecule has 1 aromatic heterocycles. The van der Waals surface area contributed by atoms with Crippen LogP contribution in [-0.2, 0) is 13.1 Å². The first-order valence-corrected chi connectivity index (χ1v) is 17.1. The number of nitrogens with one attached hydrogen (secondary N) is 1. The van der Waals surface area contributed by atoms with E-state index in [2.05, 4.69) is 5.32 Å². The first-order chi connectivity index (χ1) is 25.8. The topological polar surface area (TPSA) is 156 Å². The molecule has 0 bridgehead atoms. The fourth-order valence-corrected chi connectivity index (χ4v) is 7.09. The van der Waals surface area contributed by atoms with E-state index in [4.69, 9.17) is 9.41 Å². The van der Waals surface area contributed by atoms with Gasteiger partial charge >= 0.3 is 20.2 Å². The van der Waals surface area contributed by atoms with E-state index in [9.17, 15) is 30.0 Å². The zero-order valence-electron chi connectivity index (χ0n) is 28.3. The largest absolute Gasteiger partial charge is 0.488 e. The van der Waals surface area contributed by atoms with E-state index in [1.165, 1.54) is 0 Å². The Morgan fingerprint density at radius 2 is 1.19 bits per heavy atom. The third-order valence-corrected chi connectivity index (χ3v) is 9.68. The Bertz CT molecular complexity index is 2780. The van der Waals surface area contributed by atoms with Gasteiger partial charge in [0.05, 0.1) is 17.5 Å². The number of aromatic carboxylic acids is 1. The quantitative estimate of drug-likeness (QED) is 0.0672. The van der Waals surface area contributed by atoms with Crippen LogP contribution in [0.5, 0.6) is 0 Å². The molecule has 1 heterocycles. The lowest BCUT2D eigenvalue weighted by atomic mass is 9.77. The second-order valence-corrected chi connectivity index (χ2v) is 12.9. The molecule has 0 fully saturated rings.